The van der Waals surface area contributed by atoms with Crippen molar-refractivity contribution in [2.45, 2.75) is 32.9 Å². The second kappa shape index (κ2) is 9.53. The van der Waals surface area contributed by atoms with E-state index >= 15 is 0 Å². The maximum absolute atomic E-state index is 11.6. The fraction of sp³-hybridized carbons (Fsp3) is 0.455. The smallest absolute Gasteiger partial charge is 0.294 e. The third-order valence-electron chi connectivity index (χ3n) is 5.43. The molecule has 3 rings (SSSR count). The Morgan fingerprint density at radius 3 is 2.60 bits per heavy atom. The Morgan fingerprint density at radius 1 is 1.23 bits per heavy atom. The third kappa shape index (κ3) is 4.79. The van der Waals surface area contributed by atoms with Crippen molar-refractivity contribution in [1.29, 1.82) is 0 Å². The van der Waals surface area contributed by atoms with E-state index in [1.54, 1.807) is 14.2 Å². The van der Waals surface area contributed by atoms with Gasteiger partial charge in [-0.25, -0.2) is 0 Å². The van der Waals surface area contributed by atoms with E-state index in [1.807, 2.05) is 24.3 Å². The summed E-state index contributed by atoms with van der Waals surface area (Å²) in [6.45, 7) is 6.34. The maximum Gasteiger partial charge on any atom is 0.294 e. The number of rotatable bonds is 7. The first-order valence-electron chi connectivity index (χ1n) is 10.0. The summed E-state index contributed by atoms with van der Waals surface area (Å²) in [6, 6.07) is 9.12. The number of nitro benzene ring substituents is 1. The number of ether oxygens (including phenoxy) is 2. The van der Waals surface area contributed by atoms with Gasteiger partial charge in [0.25, 0.3) is 5.69 Å². The molecule has 0 aromatic heterocycles. The van der Waals surface area contributed by atoms with Gasteiger partial charge in [0, 0.05) is 24.2 Å². The van der Waals surface area contributed by atoms with Crippen LogP contribution >= 0.6 is 11.6 Å². The van der Waals surface area contributed by atoms with E-state index in [0.717, 1.165) is 24.1 Å². The summed E-state index contributed by atoms with van der Waals surface area (Å²) in [5.41, 5.74) is 2.45. The van der Waals surface area contributed by atoms with Gasteiger partial charge in [-0.3, -0.25) is 15.0 Å². The Bertz CT molecular complexity index is 919. The van der Waals surface area contributed by atoms with Crippen LogP contribution in [0.25, 0.3) is 0 Å². The van der Waals surface area contributed by atoms with Crippen LogP contribution in [0.3, 0.4) is 0 Å². The lowest BCUT2D eigenvalue weighted by Gasteiger charge is -2.31. The molecular formula is C22H28ClN3O4. The van der Waals surface area contributed by atoms with Crippen LogP contribution in [0.2, 0.25) is 5.02 Å². The first-order chi connectivity index (χ1) is 14.3. The number of benzene rings is 2. The molecule has 0 aliphatic carbocycles. The zero-order valence-electron chi connectivity index (χ0n) is 17.8. The van der Waals surface area contributed by atoms with Gasteiger partial charge in [0.15, 0.2) is 11.5 Å². The van der Waals surface area contributed by atoms with Crippen molar-refractivity contribution >= 4 is 23.0 Å². The standard InChI is InChI=1S/C22H28ClN3O4/c1-14(2)7-8-25-13-16-9-17(23)11-18(26(27)28)22(16)24-12-19(25)15-5-6-20(29-3)21(10-15)30-4/h5-6,9-11,14,19,24H,7-8,12-13H2,1-4H3. The first kappa shape index (κ1) is 22.2. The predicted octanol–water partition coefficient (Wildman–Crippen LogP) is 5.28. The summed E-state index contributed by atoms with van der Waals surface area (Å²) in [5, 5.41) is 15.3. The van der Waals surface area contributed by atoms with Gasteiger partial charge in [-0.2, -0.15) is 0 Å². The van der Waals surface area contributed by atoms with E-state index in [-0.39, 0.29) is 16.7 Å². The summed E-state index contributed by atoms with van der Waals surface area (Å²) in [4.78, 5) is 13.6. The minimum atomic E-state index is -0.382. The van der Waals surface area contributed by atoms with E-state index in [9.17, 15) is 10.1 Å². The van der Waals surface area contributed by atoms with E-state index in [4.69, 9.17) is 21.1 Å². The molecule has 0 saturated carbocycles. The summed E-state index contributed by atoms with van der Waals surface area (Å²) in [7, 11) is 3.23. The Labute approximate surface area is 182 Å². The molecule has 30 heavy (non-hydrogen) atoms. The van der Waals surface area contributed by atoms with Gasteiger partial charge in [0.2, 0.25) is 0 Å². The summed E-state index contributed by atoms with van der Waals surface area (Å²) < 4.78 is 10.9. The monoisotopic (exact) mass is 433 g/mol. The highest BCUT2D eigenvalue weighted by Gasteiger charge is 2.30. The summed E-state index contributed by atoms with van der Waals surface area (Å²) in [5.74, 6) is 1.87. The van der Waals surface area contributed by atoms with E-state index in [1.165, 1.54) is 6.07 Å². The molecule has 2 aromatic rings. The number of fused-ring (bicyclic) bond motifs is 1. The predicted molar refractivity (Wildman–Crippen MR) is 119 cm³/mol. The van der Waals surface area contributed by atoms with Crippen molar-refractivity contribution in [2.24, 2.45) is 5.92 Å². The molecule has 0 radical (unpaired) electrons. The number of halogens is 1. The molecule has 1 aliphatic rings. The van der Waals surface area contributed by atoms with Crippen molar-refractivity contribution in [3.8, 4) is 11.5 Å². The van der Waals surface area contributed by atoms with Crippen LogP contribution in [0, 0.1) is 16.0 Å². The molecule has 1 heterocycles. The minimum absolute atomic E-state index is 0.00858. The lowest BCUT2D eigenvalue weighted by Crippen LogP contribution is -2.32. The molecule has 7 nitrogen and oxygen atoms in total. The zero-order chi connectivity index (χ0) is 21.8. The van der Waals surface area contributed by atoms with Crippen LogP contribution < -0.4 is 14.8 Å². The Balaban J connectivity index is 2.02. The van der Waals surface area contributed by atoms with E-state index < -0.39 is 0 Å². The van der Waals surface area contributed by atoms with Crippen molar-refractivity contribution in [1.82, 2.24) is 4.90 Å². The number of nitro groups is 1. The van der Waals surface area contributed by atoms with Gasteiger partial charge >= 0.3 is 0 Å². The third-order valence-corrected chi connectivity index (χ3v) is 5.65. The Hall–Kier alpha value is -2.51. The fourth-order valence-electron chi connectivity index (χ4n) is 3.82. The second-order valence-electron chi connectivity index (χ2n) is 7.88. The van der Waals surface area contributed by atoms with Crippen LogP contribution in [0.5, 0.6) is 11.5 Å². The summed E-state index contributed by atoms with van der Waals surface area (Å²) >= 11 is 6.20. The molecule has 1 aliphatic heterocycles. The minimum Gasteiger partial charge on any atom is -0.493 e. The Kier molecular flexibility index (Phi) is 7.05. The molecule has 0 spiro atoms. The quantitative estimate of drug-likeness (QED) is 0.472. The SMILES string of the molecule is COc1ccc(C2CNc3c(cc(Cl)cc3[N+](=O)[O-])CN2CCC(C)C)cc1OC. The molecule has 2 aromatic carbocycles. The van der Waals surface area contributed by atoms with Crippen LogP contribution in [-0.4, -0.2) is 37.1 Å². The molecule has 0 fully saturated rings. The number of anilines is 1. The average Bonchev–Trinajstić information content (AvgIpc) is 2.90. The number of hydrogen-bond acceptors (Lipinski definition) is 6. The van der Waals surface area contributed by atoms with Crippen molar-refractivity contribution in [3.05, 3.63) is 56.6 Å². The molecule has 8 heteroatoms. The van der Waals surface area contributed by atoms with Crippen molar-refractivity contribution < 1.29 is 14.4 Å². The highest BCUT2D eigenvalue weighted by molar-refractivity contribution is 6.31. The van der Waals surface area contributed by atoms with Crippen LogP contribution in [0.4, 0.5) is 11.4 Å². The van der Waals surface area contributed by atoms with E-state index in [0.29, 0.717) is 41.2 Å². The number of nitrogens with one attached hydrogen (secondary N) is 1. The van der Waals surface area contributed by atoms with Crippen LogP contribution in [-0.2, 0) is 6.54 Å². The molecule has 0 saturated heterocycles. The van der Waals surface area contributed by atoms with Crippen molar-refractivity contribution in [3.63, 3.8) is 0 Å². The topological polar surface area (TPSA) is 76.9 Å². The zero-order valence-corrected chi connectivity index (χ0v) is 18.5. The van der Waals surface area contributed by atoms with Crippen LogP contribution in [0.15, 0.2) is 30.3 Å². The van der Waals surface area contributed by atoms with Gasteiger partial charge in [-0.1, -0.05) is 31.5 Å². The van der Waals surface area contributed by atoms with Gasteiger partial charge in [0.05, 0.1) is 25.2 Å². The van der Waals surface area contributed by atoms with Gasteiger partial charge in [-0.15, -0.1) is 0 Å². The van der Waals surface area contributed by atoms with Gasteiger partial charge < -0.3 is 14.8 Å². The summed E-state index contributed by atoms with van der Waals surface area (Å²) in [6.07, 6.45) is 1.02. The number of nitrogens with zero attached hydrogens (tertiary/aromatic N) is 2. The molecule has 1 N–H and O–H groups in total. The first-order valence-corrected chi connectivity index (χ1v) is 10.4. The lowest BCUT2D eigenvalue weighted by molar-refractivity contribution is -0.384. The average molecular weight is 434 g/mol. The second-order valence-corrected chi connectivity index (χ2v) is 8.32. The molecule has 0 bridgehead atoms. The molecule has 162 valence electrons. The van der Waals surface area contributed by atoms with Crippen LogP contribution in [0.1, 0.15) is 37.4 Å². The fourth-order valence-corrected chi connectivity index (χ4v) is 4.06. The number of methoxy groups -OCH3 is 2. The van der Waals surface area contributed by atoms with Gasteiger partial charge in [0.1, 0.15) is 5.69 Å². The van der Waals surface area contributed by atoms with Gasteiger partial charge in [-0.05, 0) is 48.2 Å². The molecular weight excluding hydrogens is 406 g/mol. The number of hydrogen-bond donors (Lipinski definition) is 1. The van der Waals surface area contributed by atoms with Crippen molar-refractivity contribution in [2.75, 3.05) is 32.6 Å². The maximum atomic E-state index is 11.6. The molecule has 1 unspecified atom stereocenters. The molecule has 1 atom stereocenters. The normalized spacial score (nSPS) is 16.5. The molecule has 0 amide bonds. The Morgan fingerprint density at radius 2 is 1.97 bits per heavy atom. The van der Waals surface area contributed by atoms with E-state index in [2.05, 4.69) is 24.1 Å². The largest absolute Gasteiger partial charge is 0.493 e. The highest BCUT2D eigenvalue weighted by Crippen LogP contribution is 2.39. The lowest BCUT2D eigenvalue weighted by atomic mass is 10.0. The highest BCUT2D eigenvalue weighted by atomic mass is 35.5.